The number of hydrogen-bond donors (Lipinski definition) is 1. The lowest BCUT2D eigenvalue weighted by Crippen LogP contribution is -2.05. The number of imidazole rings is 1. The lowest BCUT2D eigenvalue weighted by atomic mass is 9.92. The fourth-order valence-corrected chi connectivity index (χ4v) is 4.02. The van der Waals surface area contributed by atoms with Crippen molar-refractivity contribution in [3.05, 3.63) is 101 Å². The first kappa shape index (κ1) is 19.2. The van der Waals surface area contributed by atoms with Crippen molar-refractivity contribution >= 4 is 45.4 Å². The summed E-state index contributed by atoms with van der Waals surface area (Å²) < 4.78 is 0. The van der Waals surface area contributed by atoms with Crippen LogP contribution in [0.25, 0.3) is 39.1 Å². The van der Waals surface area contributed by atoms with Gasteiger partial charge in [0.05, 0.1) is 22.1 Å². The van der Waals surface area contributed by atoms with Gasteiger partial charge >= 0.3 is 0 Å². The van der Waals surface area contributed by atoms with Crippen molar-refractivity contribution in [1.82, 2.24) is 15.0 Å². The number of ketones is 1. The van der Waals surface area contributed by atoms with E-state index in [1.807, 2.05) is 79.7 Å². The molecule has 2 aromatic heterocycles. The minimum atomic E-state index is -0.124. The molecular weight excluding hydrogens is 406 g/mol. The van der Waals surface area contributed by atoms with Gasteiger partial charge in [0.25, 0.3) is 0 Å². The van der Waals surface area contributed by atoms with Crippen LogP contribution in [0.3, 0.4) is 0 Å². The summed E-state index contributed by atoms with van der Waals surface area (Å²) in [7, 11) is 0. The van der Waals surface area contributed by atoms with Gasteiger partial charge < -0.3 is 4.98 Å². The number of allylic oxidation sites excluding steroid dienone is 1. The summed E-state index contributed by atoms with van der Waals surface area (Å²) in [5, 5.41) is 1.50. The van der Waals surface area contributed by atoms with Crippen LogP contribution in [0.2, 0.25) is 5.02 Å². The number of carbonyl (C=O) groups is 1. The zero-order valence-corrected chi connectivity index (χ0v) is 17.5. The van der Waals surface area contributed by atoms with Gasteiger partial charge in [-0.05, 0) is 48.9 Å². The molecule has 0 amide bonds. The zero-order chi connectivity index (χ0) is 21.4. The van der Waals surface area contributed by atoms with Gasteiger partial charge in [-0.15, -0.1) is 0 Å². The van der Waals surface area contributed by atoms with Crippen LogP contribution in [-0.4, -0.2) is 20.7 Å². The number of para-hydroxylation sites is 2. The highest BCUT2D eigenvalue weighted by Gasteiger charge is 2.19. The van der Waals surface area contributed by atoms with E-state index in [1.54, 1.807) is 12.2 Å². The molecule has 0 aliphatic rings. The van der Waals surface area contributed by atoms with Crippen LogP contribution < -0.4 is 0 Å². The van der Waals surface area contributed by atoms with E-state index in [2.05, 4.69) is 15.0 Å². The zero-order valence-electron chi connectivity index (χ0n) is 16.8. The Morgan fingerprint density at radius 3 is 2.52 bits per heavy atom. The van der Waals surface area contributed by atoms with Gasteiger partial charge in [-0.1, -0.05) is 60.1 Å². The number of carbonyl (C=O) groups excluding carboxylic acids is 1. The highest BCUT2D eigenvalue weighted by Crippen LogP contribution is 2.34. The second-order valence-electron chi connectivity index (χ2n) is 7.31. The van der Waals surface area contributed by atoms with Gasteiger partial charge in [0.1, 0.15) is 5.82 Å². The van der Waals surface area contributed by atoms with Crippen LogP contribution in [0.4, 0.5) is 0 Å². The number of nitrogens with zero attached hydrogens (tertiary/aromatic N) is 2. The number of halogens is 1. The summed E-state index contributed by atoms with van der Waals surface area (Å²) in [4.78, 5) is 25.8. The predicted molar refractivity (Wildman–Crippen MR) is 126 cm³/mol. The number of aryl methyl sites for hydroxylation is 1. The fourth-order valence-electron chi connectivity index (χ4n) is 3.86. The van der Waals surface area contributed by atoms with Crippen molar-refractivity contribution in [2.24, 2.45) is 0 Å². The van der Waals surface area contributed by atoms with Crippen LogP contribution in [-0.2, 0) is 0 Å². The van der Waals surface area contributed by atoms with Gasteiger partial charge in [-0.25, -0.2) is 4.98 Å². The SMILES string of the molecule is Cc1nc2cc(Cl)ccc2c(-c2ccccc2)c1C(=O)C=Cc1nc2ccccc2[nH]1. The highest BCUT2D eigenvalue weighted by atomic mass is 35.5. The van der Waals surface area contributed by atoms with E-state index in [0.717, 1.165) is 33.1 Å². The Hall–Kier alpha value is -3.76. The quantitative estimate of drug-likeness (QED) is 0.260. The molecule has 5 rings (SSSR count). The molecule has 31 heavy (non-hydrogen) atoms. The van der Waals surface area contributed by atoms with Crippen LogP contribution in [0, 0.1) is 6.92 Å². The van der Waals surface area contributed by atoms with E-state index >= 15 is 0 Å². The third kappa shape index (κ3) is 3.62. The average molecular weight is 424 g/mol. The average Bonchev–Trinajstić information content (AvgIpc) is 3.20. The van der Waals surface area contributed by atoms with Crippen LogP contribution in [0.1, 0.15) is 21.9 Å². The van der Waals surface area contributed by atoms with Crippen LogP contribution in [0.15, 0.2) is 78.9 Å². The second-order valence-corrected chi connectivity index (χ2v) is 7.75. The Labute approximate surface area is 184 Å². The first-order valence-electron chi connectivity index (χ1n) is 9.92. The van der Waals surface area contributed by atoms with E-state index < -0.39 is 0 Å². The number of H-pyrrole nitrogens is 1. The molecule has 2 heterocycles. The molecule has 5 heteroatoms. The number of hydrogen-bond acceptors (Lipinski definition) is 3. The largest absolute Gasteiger partial charge is 0.338 e. The molecule has 0 spiro atoms. The van der Waals surface area contributed by atoms with Crippen molar-refractivity contribution in [2.75, 3.05) is 0 Å². The van der Waals surface area contributed by atoms with Crippen molar-refractivity contribution in [1.29, 1.82) is 0 Å². The number of pyridine rings is 1. The Balaban J connectivity index is 1.65. The smallest absolute Gasteiger partial charge is 0.188 e. The Morgan fingerprint density at radius 1 is 0.935 bits per heavy atom. The molecule has 150 valence electrons. The molecule has 0 radical (unpaired) electrons. The van der Waals surface area contributed by atoms with Gasteiger partial charge in [-0.3, -0.25) is 9.78 Å². The maximum absolute atomic E-state index is 13.4. The molecule has 0 fully saturated rings. The van der Waals surface area contributed by atoms with E-state index in [1.165, 1.54) is 0 Å². The summed E-state index contributed by atoms with van der Waals surface area (Å²) in [5.74, 6) is 0.509. The molecule has 0 aliphatic carbocycles. The molecule has 1 N–H and O–H groups in total. The molecule has 3 aromatic carbocycles. The minimum Gasteiger partial charge on any atom is -0.338 e. The predicted octanol–water partition coefficient (Wildman–Crippen LogP) is 6.64. The van der Waals surface area contributed by atoms with Gasteiger partial charge in [0.2, 0.25) is 0 Å². The number of aromatic nitrogens is 3. The molecule has 0 saturated heterocycles. The standard InChI is InChI=1S/C26H18ClN3O/c1-16-25(23(31)13-14-24-29-20-9-5-6-10-21(20)30-24)26(17-7-3-2-4-8-17)19-12-11-18(27)15-22(19)28-16/h2-15H,1H3,(H,29,30). The van der Waals surface area contributed by atoms with Gasteiger partial charge in [0.15, 0.2) is 5.78 Å². The number of nitrogens with one attached hydrogen (secondary N) is 1. The third-order valence-electron chi connectivity index (χ3n) is 5.24. The minimum absolute atomic E-state index is 0.124. The molecular formula is C26H18ClN3O. The summed E-state index contributed by atoms with van der Waals surface area (Å²) >= 11 is 6.19. The molecule has 0 unspecified atom stereocenters. The van der Waals surface area contributed by atoms with E-state index in [0.29, 0.717) is 22.1 Å². The summed E-state index contributed by atoms with van der Waals surface area (Å²) in [5.41, 5.74) is 5.61. The molecule has 0 atom stereocenters. The van der Waals surface area contributed by atoms with Crippen molar-refractivity contribution in [3.63, 3.8) is 0 Å². The number of aromatic amines is 1. The topological polar surface area (TPSA) is 58.6 Å². The summed E-state index contributed by atoms with van der Waals surface area (Å²) in [6.07, 6.45) is 3.26. The Bertz CT molecular complexity index is 1440. The first-order valence-corrected chi connectivity index (χ1v) is 10.3. The molecule has 5 aromatic rings. The van der Waals surface area contributed by atoms with E-state index in [9.17, 15) is 4.79 Å². The fraction of sp³-hybridized carbons (Fsp3) is 0.0385. The highest BCUT2D eigenvalue weighted by molar-refractivity contribution is 6.31. The number of benzene rings is 3. The van der Waals surface area contributed by atoms with Crippen LogP contribution in [0.5, 0.6) is 0 Å². The first-order chi connectivity index (χ1) is 15.1. The number of fused-ring (bicyclic) bond motifs is 2. The van der Waals surface area contributed by atoms with Gasteiger partial charge in [-0.2, -0.15) is 0 Å². The number of rotatable bonds is 4. The molecule has 0 saturated carbocycles. The molecule has 0 aliphatic heterocycles. The van der Waals surface area contributed by atoms with E-state index in [-0.39, 0.29) is 5.78 Å². The monoisotopic (exact) mass is 423 g/mol. The van der Waals surface area contributed by atoms with Gasteiger partial charge in [0, 0.05) is 21.7 Å². The van der Waals surface area contributed by atoms with Crippen LogP contribution >= 0.6 is 11.6 Å². The molecule has 0 bridgehead atoms. The van der Waals surface area contributed by atoms with Crippen molar-refractivity contribution in [2.45, 2.75) is 6.92 Å². The molecule has 4 nitrogen and oxygen atoms in total. The maximum atomic E-state index is 13.4. The maximum Gasteiger partial charge on any atom is 0.188 e. The summed E-state index contributed by atoms with van der Waals surface area (Å²) in [6, 6.07) is 23.2. The Morgan fingerprint density at radius 2 is 1.71 bits per heavy atom. The second kappa shape index (κ2) is 7.82. The Kier molecular flexibility index (Phi) is 4.85. The lowest BCUT2D eigenvalue weighted by molar-refractivity contribution is 0.104. The van der Waals surface area contributed by atoms with Crippen molar-refractivity contribution < 1.29 is 4.79 Å². The summed E-state index contributed by atoms with van der Waals surface area (Å²) in [6.45, 7) is 1.86. The normalized spacial score (nSPS) is 11.5. The van der Waals surface area contributed by atoms with E-state index in [4.69, 9.17) is 11.6 Å². The third-order valence-corrected chi connectivity index (χ3v) is 5.47. The van der Waals surface area contributed by atoms with Crippen molar-refractivity contribution in [3.8, 4) is 11.1 Å². The lowest BCUT2D eigenvalue weighted by Gasteiger charge is -2.14.